The van der Waals surface area contributed by atoms with Crippen molar-refractivity contribution >= 4 is 11.9 Å². The molecule has 6 heteroatoms. The van der Waals surface area contributed by atoms with Crippen LogP contribution in [0.3, 0.4) is 0 Å². The van der Waals surface area contributed by atoms with Crippen LogP contribution in [0.2, 0.25) is 0 Å². The van der Waals surface area contributed by atoms with Crippen LogP contribution in [0.15, 0.2) is 0 Å². The number of carboxylic acid groups (broad SMARTS) is 1. The van der Waals surface area contributed by atoms with Crippen molar-refractivity contribution in [3.8, 4) is 0 Å². The zero-order valence-electron chi connectivity index (χ0n) is 20.1. The highest BCUT2D eigenvalue weighted by molar-refractivity contribution is 5.81. The first-order valence-electron chi connectivity index (χ1n) is 12.9. The van der Waals surface area contributed by atoms with Gasteiger partial charge in [-0.1, -0.05) is 20.8 Å². The number of rotatable bonds is 6. The highest BCUT2D eigenvalue weighted by Crippen LogP contribution is 2.68. The predicted molar refractivity (Wildman–Crippen MR) is 122 cm³/mol. The lowest BCUT2D eigenvalue weighted by Gasteiger charge is -2.62. The van der Waals surface area contributed by atoms with Crippen LogP contribution in [0.4, 0.5) is 0 Å². The number of aliphatic hydroxyl groups excluding tert-OH is 2. The molecular formula is C26H43NO5. The Morgan fingerprint density at radius 1 is 1.00 bits per heavy atom. The lowest BCUT2D eigenvalue weighted by Crippen LogP contribution is -2.58. The maximum absolute atomic E-state index is 12.0. The van der Waals surface area contributed by atoms with Crippen LogP contribution in [0, 0.1) is 46.3 Å². The molecule has 0 bridgehead atoms. The van der Waals surface area contributed by atoms with Crippen LogP contribution < -0.4 is 5.32 Å². The third kappa shape index (κ3) is 4.11. The Balaban J connectivity index is 1.44. The molecule has 0 aromatic heterocycles. The van der Waals surface area contributed by atoms with Gasteiger partial charge in [-0.2, -0.15) is 0 Å². The molecular weight excluding hydrogens is 406 g/mol. The van der Waals surface area contributed by atoms with Gasteiger partial charge in [-0.15, -0.1) is 0 Å². The van der Waals surface area contributed by atoms with Gasteiger partial charge in [-0.05, 0) is 104 Å². The number of hydrogen-bond donors (Lipinski definition) is 4. The smallest absolute Gasteiger partial charge is 0.322 e. The highest BCUT2D eigenvalue weighted by atomic mass is 16.4. The quantitative estimate of drug-likeness (QED) is 0.496. The number of hydrogen-bond acceptors (Lipinski definition) is 4. The maximum Gasteiger partial charge on any atom is 0.322 e. The molecule has 4 aliphatic carbocycles. The summed E-state index contributed by atoms with van der Waals surface area (Å²) in [6.07, 6.45) is 9.06. The van der Waals surface area contributed by atoms with Crippen LogP contribution in [-0.4, -0.2) is 45.9 Å². The van der Waals surface area contributed by atoms with E-state index in [9.17, 15) is 19.8 Å². The van der Waals surface area contributed by atoms with Crippen LogP contribution in [0.5, 0.6) is 0 Å². The number of amides is 1. The Morgan fingerprint density at radius 2 is 1.69 bits per heavy atom. The standard InChI is InChI=1S/C26H43NO5/c1-15(4-7-22(30)27-14-23(31)32)18-5-6-19-24-20(9-11-26(18,19)3)25(2)10-8-17(28)12-16(25)13-21(24)29/h15-21,24,28-29H,4-14H2,1-3H3,(H,27,30)(H,31,32)/t15-,16+,17-,18+,19+,20-,21-,24-,25-,26-/m0/s1. The van der Waals surface area contributed by atoms with E-state index in [1.807, 2.05) is 0 Å². The number of aliphatic hydroxyl groups is 2. The van der Waals surface area contributed by atoms with Crippen molar-refractivity contribution in [2.75, 3.05) is 6.54 Å². The first-order chi connectivity index (χ1) is 15.1. The summed E-state index contributed by atoms with van der Waals surface area (Å²) in [5.74, 6) is 1.66. The van der Waals surface area contributed by atoms with Crippen molar-refractivity contribution < 1.29 is 24.9 Å². The summed E-state index contributed by atoms with van der Waals surface area (Å²) in [7, 11) is 0. The van der Waals surface area contributed by atoms with E-state index in [4.69, 9.17) is 5.11 Å². The molecule has 0 heterocycles. The van der Waals surface area contributed by atoms with Gasteiger partial charge in [0.15, 0.2) is 0 Å². The minimum Gasteiger partial charge on any atom is -0.480 e. The fraction of sp³-hybridized carbons (Fsp3) is 0.923. The molecule has 1 amide bonds. The van der Waals surface area contributed by atoms with E-state index in [-0.39, 0.29) is 35.5 Å². The number of aliphatic carboxylic acids is 1. The fourth-order valence-electron chi connectivity index (χ4n) is 9.00. The second kappa shape index (κ2) is 8.90. The number of carbonyl (C=O) groups excluding carboxylic acids is 1. The minimum absolute atomic E-state index is 0.177. The van der Waals surface area contributed by atoms with Crippen molar-refractivity contribution in [2.45, 2.75) is 97.2 Å². The largest absolute Gasteiger partial charge is 0.480 e. The molecule has 10 atom stereocenters. The molecule has 4 aliphatic rings. The Bertz CT molecular complexity index is 727. The molecule has 0 saturated heterocycles. The minimum atomic E-state index is -1.01. The Morgan fingerprint density at radius 3 is 2.41 bits per heavy atom. The molecule has 0 aromatic carbocycles. The van der Waals surface area contributed by atoms with Crippen molar-refractivity contribution in [2.24, 2.45) is 46.3 Å². The summed E-state index contributed by atoms with van der Waals surface area (Å²) in [6.45, 7) is 6.83. The first-order valence-corrected chi connectivity index (χ1v) is 12.9. The topological polar surface area (TPSA) is 107 Å². The third-order valence-corrected chi connectivity index (χ3v) is 10.7. The lowest BCUT2D eigenvalue weighted by atomic mass is 9.43. The highest BCUT2D eigenvalue weighted by Gasteiger charge is 2.62. The van der Waals surface area contributed by atoms with Crippen molar-refractivity contribution in [1.29, 1.82) is 0 Å². The molecule has 6 nitrogen and oxygen atoms in total. The molecule has 32 heavy (non-hydrogen) atoms. The molecule has 0 aliphatic heterocycles. The van der Waals surface area contributed by atoms with E-state index >= 15 is 0 Å². The average Bonchev–Trinajstić information content (AvgIpc) is 3.09. The second-order valence-corrected chi connectivity index (χ2v) is 12.1. The van der Waals surface area contributed by atoms with Gasteiger partial charge in [0.05, 0.1) is 12.2 Å². The third-order valence-electron chi connectivity index (χ3n) is 10.7. The van der Waals surface area contributed by atoms with Crippen LogP contribution in [0.25, 0.3) is 0 Å². The van der Waals surface area contributed by atoms with Gasteiger partial charge in [0.25, 0.3) is 0 Å². The zero-order valence-corrected chi connectivity index (χ0v) is 20.1. The summed E-state index contributed by atoms with van der Waals surface area (Å²) in [5.41, 5.74) is 0.451. The average molecular weight is 450 g/mol. The first kappa shape index (κ1) is 24.0. The fourth-order valence-corrected chi connectivity index (χ4v) is 9.00. The Labute approximate surface area is 192 Å². The van der Waals surface area contributed by atoms with Crippen LogP contribution in [-0.2, 0) is 9.59 Å². The zero-order chi connectivity index (χ0) is 23.3. The number of carboxylic acids is 1. The van der Waals surface area contributed by atoms with Gasteiger partial charge in [0, 0.05) is 6.42 Å². The van der Waals surface area contributed by atoms with Gasteiger partial charge in [-0.25, -0.2) is 0 Å². The Hall–Kier alpha value is -1.14. The molecule has 0 spiro atoms. The van der Waals surface area contributed by atoms with E-state index in [2.05, 4.69) is 26.1 Å². The van der Waals surface area contributed by atoms with E-state index in [1.54, 1.807) is 0 Å². The van der Waals surface area contributed by atoms with Gasteiger partial charge >= 0.3 is 5.97 Å². The van der Waals surface area contributed by atoms with Crippen molar-refractivity contribution in [3.05, 3.63) is 0 Å². The van der Waals surface area contributed by atoms with E-state index < -0.39 is 5.97 Å². The maximum atomic E-state index is 12.0. The van der Waals surface area contributed by atoms with E-state index in [0.717, 1.165) is 44.9 Å². The molecule has 0 unspecified atom stereocenters. The van der Waals surface area contributed by atoms with Gasteiger partial charge in [-0.3, -0.25) is 9.59 Å². The van der Waals surface area contributed by atoms with Crippen LogP contribution in [0.1, 0.15) is 85.0 Å². The molecule has 4 N–H and O–H groups in total. The number of nitrogens with one attached hydrogen (secondary N) is 1. The summed E-state index contributed by atoms with van der Waals surface area (Å²) < 4.78 is 0. The molecule has 4 saturated carbocycles. The SMILES string of the molecule is C[C@@H](CCC(=O)NCC(=O)O)[C@H]1CC[C@@H]2[C@@H]3[C@@H](O)C[C@H]4C[C@@H](O)CC[C@]4(C)[C@H]3CC[C@]21C. The molecule has 182 valence electrons. The summed E-state index contributed by atoms with van der Waals surface area (Å²) in [5, 5.41) is 32.8. The molecule has 4 fully saturated rings. The van der Waals surface area contributed by atoms with Gasteiger partial charge in [0.2, 0.25) is 5.91 Å². The number of carbonyl (C=O) groups is 2. The van der Waals surface area contributed by atoms with E-state index in [0.29, 0.717) is 41.9 Å². The predicted octanol–water partition coefficient (Wildman–Crippen LogP) is 3.59. The molecule has 4 rings (SSSR count). The molecule has 0 aromatic rings. The lowest BCUT2D eigenvalue weighted by molar-refractivity contribution is -0.174. The van der Waals surface area contributed by atoms with Gasteiger partial charge < -0.3 is 20.6 Å². The summed E-state index contributed by atoms with van der Waals surface area (Å²) >= 11 is 0. The van der Waals surface area contributed by atoms with Crippen LogP contribution >= 0.6 is 0 Å². The monoisotopic (exact) mass is 449 g/mol. The number of fused-ring (bicyclic) bond motifs is 5. The second-order valence-electron chi connectivity index (χ2n) is 12.1. The van der Waals surface area contributed by atoms with Crippen molar-refractivity contribution in [3.63, 3.8) is 0 Å². The van der Waals surface area contributed by atoms with Crippen molar-refractivity contribution in [1.82, 2.24) is 5.32 Å². The normalized spacial score (nSPS) is 46.5. The van der Waals surface area contributed by atoms with Gasteiger partial charge in [0.1, 0.15) is 6.54 Å². The molecule has 0 radical (unpaired) electrons. The summed E-state index contributed by atoms with van der Waals surface area (Å²) in [4.78, 5) is 22.7. The Kier molecular flexibility index (Phi) is 6.68. The van der Waals surface area contributed by atoms with E-state index in [1.165, 1.54) is 12.8 Å². The summed E-state index contributed by atoms with van der Waals surface area (Å²) in [6, 6.07) is 0.